The second-order valence-corrected chi connectivity index (χ2v) is 8.58. The number of benzene rings is 1. The number of thioether (sulfide) groups is 1. The fourth-order valence-electron chi connectivity index (χ4n) is 1.83. The van der Waals surface area contributed by atoms with Crippen molar-refractivity contribution >= 4 is 49.8 Å². The van der Waals surface area contributed by atoms with Crippen molar-refractivity contribution in [2.75, 3.05) is 5.32 Å². The zero-order valence-corrected chi connectivity index (χ0v) is 14.5. The van der Waals surface area contributed by atoms with E-state index < -0.39 is 0 Å². The molecule has 21 heavy (non-hydrogen) atoms. The molecule has 110 valence electrons. The maximum atomic E-state index is 4.70. The molecule has 7 heteroatoms. The molecule has 0 aliphatic carbocycles. The molecule has 1 aromatic carbocycles. The van der Waals surface area contributed by atoms with E-state index in [4.69, 9.17) is 4.98 Å². The van der Waals surface area contributed by atoms with E-state index in [1.807, 2.05) is 6.07 Å². The zero-order valence-electron chi connectivity index (χ0n) is 12.0. The van der Waals surface area contributed by atoms with Crippen molar-refractivity contribution < 1.29 is 0 Å². The van der Waals surface area contributed by atoms with Gasteiger partial charge >= 0.3 is 0 Å². The summed E-state index contributed by atoms with van der Waals surface area (Å²) < 4.78 is 2.21. The van der Waals surface area contributed by atoms with Crippen LogP contribution in [0.15, 0.2) is 28.6 Å². The van der Waals surface area contributed by atoms with E-state index >= 15 is 0 Å². The largest absolute Gasteiger partial charge is 0.358 e. The van der Waals surface area contributed by atoms with Crippen LogP contribution in [0.25, 0.3) is 10.2 Å². The normalized spacial score (nSPS) is 13.0. The number of aromatic nitrogens is 3. The van der Waals surface area contributed by atoms with Gasteiger partial charge in [-0.15, -0.1) is 21.5 Å². The van der Waals surface area contributed by atoms with Crippen LogP contribution in [0, 0.1) is 0 Å². The summed E-state index contributed by atoms with van der Waals surface area (Å²) in [4.78, 5) is 4.70. The minimum Gasteiger partial charge on any atom is -0.358 e. The smallest absolute Gasteiger partial charge is 0.206 e. The van der Waals surface area contributed by atoms with Gasteiger partial charge in [-0.25, -0.2) is 4.98 Å². The SMILES string of the molecule is CC(C)Nc1nnc(S[C@@H](C)c2nc3ccccc3s2)s1. The lowest BCUT2D eigenvalue weighted by atomic mass is 10.3. The summed E-state index contributed by atoms with van der Waals surface area (Å²) in [5.74, 6) is 0. The highest BCUT2D eigenvalue weighted by Gasteiger charge is 2.15. The monoisotopic (exact) mass is 336 g/mol. The summed E-state index contributed by atoms with van der Waals surface area (Å²) in [6.45, 7) is 6.36. The molecule has 2 aromatic heterocycles. The number of thiazole rings is 1. The van der Waals surface area contributed by atoms with Crippen LogP contribution in [0.2, 0.25) is 0 Å². The fourth-order valence-corrected chi connectivity index (χ4v) is 5.05. The Bertz CT molecular complexity index is 701. The second-order valence-electron chi connectivity index (χ2n) is 4.95. The van der Waals surface area contributed by atoms with Crippen molar-refractivity contribution in [2.24, 2.45) is 0 Å². The molecule has 0 spiro atoms. The Morgan fingerprint density at radius 1 is 1.10 bits per heavy atom. The first-order valence-corrected chi connectivity index (χ1v) is 9.25. The summed E-state index contributed by atoms with van der Waals surface area (Å²) in [5.41, 5.74) is 1.07. The Kier molecular flexibility index (Phi) is 4.42. The molecule has 0 radical (unpaired) electrons. The van der Waals surface area contributed by atoms with Crippen molar-refractivity contribution in [1.82, 2.24) is 15.2 Å². The van der Waals surface area contributed by atoms with Gasteiger partial charge in [-0.1, -0.05) is 35.2 Å². The number of anilines is 1. The van der Waals surface area contributed by atoms with Crippen molar-refractivity contribution in [2.45, 2.75) is 36.4 Å². The Hall–Kier alpha value is -1.18. The van der Waals surface area contributed by atoms with E-state index in [0.29, 0.717) is 6.04 Å². The number of nitrogens with zero attached hydrogens (tertiary/aromatic N) is 3. The third-order valence-electron chi connectivity index (χ3n) is 2.75. The molecular formula is C14H16N4S3. The van der Waals surface area contributed by atoms with Gasteiger partial charge in [-0.2, -0.15) is 0 Å². The third kappa shape index (κ3) is 3.53. The van der Waals surface area contributed by atoms with Gasteiger partial charge in [0.2, 0.25) is 5.13 Å². The fraction of sp³-hybridized carbons (Fsp3) is 0.357. The van der Waals surface area contributed by atoms with Crippen LogP contribution >= 0.6 is 34.4 Å². The van der Waals surface area contributed by atoms with Gasteiger partial charge in [0.1, 0.15) is 5.01 Å². The predicted octanol–water partition coefficient (Wildman–Crippen LogP) is 4.82. The first-order valence-electron chi connectivity index (χ1n) is 6.74. The van der Waals surface area contributed by atoms with Crippen LogP contribution in [-0.4, -0.2) is 21.2 Å². The highest BCUT2D eigenvalue weighted by atomic mass is 32.2. The number of para-hydroxylation sites is 1. The lowest BCUT2D eigenvalue weighted by molar-refractivity contribution is 0.883. The molecule has 0 fully saturated rings. The Morgan fingerprint density at radius 2 is 1.90 bits per heavy atom. The van der Waals surface area contributed by atoms with Crippen LogP contribution in [0.4, 0.5) is 5.13 Å². The molecule has 1 N–H and O–H groups in total. The van der Waals surface area contributed by atoms with Crippen molar-refractivity contribution in [3.05, 3.63) is 29.3 Å². The van der Waals surface area contributed by atoms with E-state index in [9.17, 15) is 0 Å². The topological polar surface area (TPSA) is 50.7 Å². The highest BCUT2D eigenvalue weighted by Crippen LogP contribution is 2.40. The van der Waals surface area contributed by atoms with E-state index in [1.165, 1.54) is 4.70 Å². The molecule has 0 aliphatic heterocycles. The van der Waals surface area contributed by atoms with Crippen LogP contribution in [-0.2, 0) is 0 Å². The van der Waals surface area contributed by atoms with Gasteiger partial charge in [0.05, 0.1) is 15.5 Å². The van der Waals surface area contributed by atoms with Gasteiger partial charge in [-0.3, -0.25) is 0 Å². The zero-order chi connectivity index (χ0) is 14.8. The van der Waals surface area contributed by atoms with Crippen LogP contribution in [0.5, 0.6) is 0 Å². The summed E-state index contributed by atoms with van der Waals surface area (Å²) in [6, 6.07) is 8.62. The maximum Gasteiger partial charge on any atom is 0.206 e. The van der Waals surface area contributed by atoms with E-state index in [2.05, 4.69) is 54.5 Å². The number of hydrogen-bond acceptors (Lipinski definition) is 7. The maximum absolute atomic E-state index is 4.70. The average molecular weight is 337 g/mol. The number of hydrogen-bond donors (Lipinski definition) is 1. The molecule has 4 nitrogen and oxygen atoms in total. The Morgan fingerprint density at radius 3 is 2.67 bits per heavy atom. The lowest BCUT2D eigenvalue weighted by Gasteiger charge is -2.04. The molecule has 0 bridgehead atoms. The van der Waals surface area contributed by atoms with Crippen molar-refractivity contribution in [3.8, 4) is 0 Å². The molecule has 2 heterocycles. The highest BCUT2D eigenvalue weighted by molar-refractivity contribution is 8.01. The number of nitrogens with one attached hydrogen (secondary N) is 1. The molecule has 0 aliphatic rings. The molecule has 0 unspecified atom stereocenters. The second kappa shape index (κ2) is 6.29. The van der Waals surface area contributed by atoms with Crippen molar-refractivity contribution in [1.29, 1.82) is 0 Å². The molecule has 0 saturated heterocycles. The summed E-state index contributed by atoms with van der Waals surface area (Å²) in [7, 11) is 0. The van der Waals surface area contributed by atoms with Crippen LogP contribution in [0.3, 0.4) is 0 Å². The Labute approximate surface area is 136 Å². The minimum absolute atomic E-state index is 0.280. The summed E-state index contributed by atoms with van der Waals surface area (Å²) in [6.07, 6.45) is 0. The van der Waals surface area contributed by atoms with E-state index in [-0.39, 0.29) is 5.25 Å². The first kappa shape index (κ1) is 14.7. The molecule has 1 atom stereocenters. The molecule has 3 rings (SSSR count). The third-order valence-corrected chi connectivity index (χ3v) is 6.17. The summed E-state index contributed by atoms with van der Waals surface area (Å²) in [5, 5.41) is 14.0. The van der Waals surface area contributed by atoms with Gasteiger partial charge < -0.3 is 5.32 Å². The first-order chi connectivity index (χ1) is 10.1. The van der Waals surface area contributed by atoms with E-state index in [0.717, 1.165) is 20.0 Å². The Balaban J connectivity index is 1.73. The van der Waals surface area contributed by atoms with Crippen molar-refractivity contribution in [3.63, 3.8) is 0 Å². The van der Waals surface area contributed by atoms with Crippen LogP contribution in [0.1, 0.15) is 31.0 Å². The molecule has 0 saturated carbocycles. The van der Waals surface area contributed by atoms with Gasteiger partial charge in [0.15, 0.2) is 4.34 Å². The average Bonchev–Trinajstić information content (AvgIpc) is 3.04. The van der Waals surface area contributed by atoms with Gasteiger partial charge in [-0.05, 0) is 32.9 Å². The van der Waals surface area contributed by atoms with E-state index in [1.54, 1.807) is 34.4 Å². The lowest BCUT2D eigenvalue weighted by Crippen LogP contribution is -2.08. The minimum atomic E-state index is 0.280. The molecular weight excluding hydrogens is 320 g/mol. The standard InChI is InChI=1S/C14H16N4S3/c1-8(2)15-13-17-18-14(21-13)19-9(3)12-16-10-6-4-5-7-11(10)20-12/h4-9H,1-3H3,(H,15,17)/t9-/m0/s1. The number of rotatable bonds is 5. The van der Waals surface area contributed by atoms with Gasteiger partial charge in [0.25, 0.3) is 0 Å². The van der Waals surface area contributed by atoms with Crippen LogP contribution < -0.4 is 5.32 Å². The number of fused-ring (bicyclic) bond motifs is 1. The quantitative estimate of drug-likeness (QED) is 0.677. The van der Waals surface area contributed by atoms with Gasteiger partial charge in [0, 0.05) is 6.04 Å². The summed E-state index contributed by atoms with van der Waals surface area (Å²) >= 11 is 5.06. The predicted molar refractivity (Wildman–Crippen MR) is 92.6 cm³/mol. The molecule has 3 aromatic rings. The molecule has 0 amide bonds.